The van der Waals surface area contributed by atoms with Gasteiger partial charge in [0.15, 0.2) is 0 Å². The van der Waals surface area contributed by atoms with E-state index in [1.54, 1.807) is 18.2 Å². The summed E-state index contributed by atoms with van der Waals surface area (Å²) in [6, 6.07) is 5.10. The van der Waals surface area contributed by atoms with Gasteiger partial charge in [-0.15, -0.1) is 0 Å². The Bertz CT molecular complexity index is 384. The van der Waals surface area contributed by atoms with Crippen molar-refractivity contribution < 1.29 is 9.13 Å². The Morgan fingerprint density at radius 3 is 3.12 bits per heavy atom. The minimum atomic E-state index is -0.345. The van der Waals surface area contributed by atoms with Gasteiger partial charge < -0.3 is 10.1 Å². The van der Waals surface area contributed by atoms with Gasteiger partial charge >= 0.3 is 0 Å². The SMILES string of the molecule is CNCC1CCCOC1c1cccc(Cl)c1F. The molecular formula is C13H17ClFNO. The Balaban J connectivity index is 2.26. The van der Waals surface area contributed by atoms with Crippen LogP contribution in [-0.2, 0) is 4.74 Å². The number of benzene rings is 1. The molecule has 0 bridgehead atoms. The van der Waals surface area contributed by atoms with Gasteiger partial charge in [-0.2, -0.15) is 0 Å². The second-order valence-corrected chi connectivity index (χ2v) is 4.80. The summed E-state index contributed by atoms with van der Waals surface area (Å²) in [5.41, 5.74) is 0.581. The number of halogens is 2. The molecule has 0 amide bonds. The van der Waals surface area contributed by atoms with Crippen LogP contribution in [-0.4, -0.2) is 20.2 Å². The van der Waals surface area contributed by atoms with E-state index in [-0.39, 0.29) is 16.9 Å². The summed E-state index contributed by atoms with van der Waals surface area (Å²) in [4.78, 5) is 0. The molecule has 0 saturated carbocycles. The molecule has 0 aromatic heterocycles. The van der Waals surface area contributed by atoms with Crippen LogP contribution in [0.1, 0.15) is 24.5 Å². The first-order chi connectivity index (χ1) is 8.24. The van der Waals surface area contributed by atoms with E-state index in [1.807, 2.05) is 7.05 Å². The van der Waals surface area contributed by atoms with E-state index in [0.717, 1.165) is 19.4 Å². The molecule has 1 heterocycles. The second kappa shape index (κ2) is 5.80. The molecule has 1 aliphatic heterocycles. The lowest BCUT2D eigenvalue weighted by Gasteiger charge is -2.32. The Hall–Kier alpha value is -0.640. The number of rotatable bonds is 3. The Kier molecular flexibility index (Phi) is 4.37. The van der Waals surface area contributed by atoms with Gasteiger partial charge in [-0.25, -0.2) is 4.39 Å². The van der Waals surface area contributed by atoms with E-state index in [9.17, 15) is 4.39 Å². The van der Waals surface area contributed by atoms with Crippen LogP contribution in [0, 0.1) is 11.7 Å². The Labute approximate surface area is 106 Å². The van der Waals surface area contributed by atoms with Gasteiger partial charge in [0.2, 0.25) is 0 Å². The van der Waals surface area contributed by atoms with Crippen molar-refractivity contribution in [3.8, 4) is 0 Å². The standard InChI is InChI=1S/C13H17ClFNO/c1-16-8-9-4-3-7-17-13(9)10-5-2-6-11(14)12(10)15/h2,5-6,9,13,16H,3-4,7-8H2,1H3. The molecule has 1 aromatic rings. The van der Waals surface area contributed by atoms with Gasteiger partial charge in [-0.3, -0.25) is 0 Å². The summed E-state index contributed by atoms with van der Waals surface area (Å²) in [5, 5.41) is 3.30. The molecule has 2 rings (SSSR count). The number of nitrogens with one attached hydrogen (secondary N) is 1. The van der Waals surface area contributed by atoms with E-state index in [2.05, 4.69) is 5.32 Å². The number of hydrogen-bond donors (Lipinski definition) is 1. The molecule has 1 fully saturated rings. The van der Waals surface area contributed by atoms with E-state index in [1.165, 1.54) is 0 Å². The zero-order valence-electron chi connectivity index (χ0n) is 9.88. The first-order valence-electron chi connectivity index (χ1n) is 5.94. The molecule has 0 spiro atoms. The summed E-state index contributed by atoms with van der Waals surface area (Å²) >= 11 is 5.81. The smallest absolute Gasteiger partial charge is 0.147 e. The van der Waals surface area contributed by atoms with Crippen LogP contribution in [0.15, 0.2) is 18.2 Å². The van der Waals surface area contributed by atoms with Gasteiger partial charge in [0.05, 0.1) is 11.1 Å². The van der Waals surface area contributed by atoms with Gasteiger partial charge in [-0.05, 0) is 26.0 Å². The van der Waals surface area contributed by atoms with E-state index >= 15 is 0 Å². The highest BCUT2D eigenvalue weighted by molar-refractivity contribution is 6.30. The minimum Gasteiger partial charge on any atom is -0.373 e. The lowest BCUT2D eigenvalue weighted by Crippen LogP contribution is -2.30. The molecular weight excluding hydrogens is 241 g/mol. The van der Waals surface area contributed by atoms with Crippen molar-refractivity contribution in [3.05, 3.63) is 34.6 Å². The topological polar surface area (TPSA) is 21.3 Å². The normalized spacial score (nSPS) is 24.9. The van der Waals surface area contributed by atoms with Crippen LogP contribution in [0.2, 0.25) is 5.02 Å². The number of ether oxygens (including phenoxy) is 1. The molecule has 1 N–H and O–H groups in total. The molecule has 17 heavy (non-hydrogen) atoms. The van der Waals surface area contributed by atoms with Gasteiger partial charge in [0, 0.05) is 24.6 Å². The minimum absolute atomic E-state index is 0.167. The van der Waals surface area contributed by atoms with Crippen LogP contribution in [0.25, 0.3) is 0 Å². The summed E-state index contributed by atoms with van der Waals surface area (Å²) in [5.74, 6) is -0.0381. The molecule has 0 aliphatic carbocycles. The monoisotopic (exact) mass is 257 g/mol. The fraction of sp³-hybridized carbons (Fsp3) is 0.538. The molecule has 4 heteroatoms. The fourth-order valence-electron chi connectivity index (χ4n) is 2.40. The molecule has 94 valence electrons. The van der Waals surface area contributed by atoms with Crippen molar-refractivity contribution >= 4 is 11.6 Å². The Morgan fingerprint density at radius 1 is 1.53 bits per heavy atom. The first kappa shape index (κ1) is 12.8. The second-order valence-electron chi connectivity index (χ2n) is 4.39. The molecule has 1 saturated heterocycles. The van der Waals surface area contributed by atoms with E-state index in [4.69, 9.17) is 16.3 Å². The summed E-state index contributed by atoms with van der Waals surface area (Å²) in [6.45, 7) is 1.52. The van der Waals surface area contributed by atoms with Crippen molar-refractivity contribution in [2.75, 3.05) is 20.2 Å². The predicted molar refractivity (Wildman–Crippen MR) is 66.8 cm³/mol. The van der Waals surface area contributed by atoms with Crippen molar-refractivity contribution in [2.24, 2.45) is 5.92 Å². The highest BCUT2D eigenvalue weighted by Gasteiger charge is 2.29. The van der Waals surface area contributed by atoms with E-state index in [0.29, 0.717) is 18.1 Å². The first-order valence-corrected chi connectivity index (χ1v) is 6.32. The van der Waals surface area contributed by atoms with Gasteiger partial charge in [0.25, 0.3) is 0 Å². The maximum Gasteiger partial charge on any atom is 0.147 e. The largest absolute Gasteiger partial charge is 0.373 e. The third-order valence-electron chi connectivity index (χ3n) is 3.20. The fourth-order valence-corrected chi connectivity index (χ4v) is 2.58. The van der Waals surface area contributed by atoms with Crippen molar-refractivity contribution in [3.63, 3.8) is 0 Å². The van der Waals surface area contributed by atoms with Crippen molar-refractivity contribution in [2.45, 2.75) is 18.9 Å². The summed E-state index contributed by atoms with van der Waals surface area (Å²) in [7, 11) is 1.90. The zero-order valence-corrected chi connectivity index (χ0v) is 10.6. The number of hydrogen-bond acceptors (Lipinski definition) is 2. The maximum atomic E-state index is 14.0. The highest BCUT2D eigenvalue weighted by atomic mass is 35.5. The quantitative estimate of drug-likeness (QED) is 0.898. The maximum absolute atomic E-state index is 14.0. The molecule has 0 radical (unpaired) electrons. The van der Waals surface area contributed by atoms with Crippen LogP contribution >= 0.6 is 11.6 Å². The van der Waals surface area contributed by atoms with Crippen LogP contribution < -0.4 is 5.32 Å². The molecule has 2 atom stereocenters. The third kappa shape index (κ3) is 2.79. The van der Waals surface area contributed by atoms with E-state index < -0.39 is 0 Å². The lowest BCUT2D eigenvalue weighted by atomic mass is 9.89. The highest BCUT2D eigenvalue weighted by Crippen LogP contribution is 2.36. The molecule has 1 aromatic carbocycles. The molecule has 2 nitrogen and oxygen atoms in total. The predicted octanol–water partition coefficient (Wildman–Crippen LogP) is 3.17. The summed E-state index contributed by atoms with van der Waals surface area (Å²) in [6.07, 6.45) is 1.90. The van der Waals surface area contributed by atoms with Crippen molar-refractivity contribution in [1.29, 1.82) is 0 Å². The average Bonchev–Trinajstić information content (AvgIpc) is 2.34. The average molecular weight is 258 g/mol. The van der Waals surface area contributed by atoms with Crippen LogP contribution in [0.4, 0.5) is 4.39 Å². The van der Waals surface area contributed by atoms with Gasteiger partial charge in [0.1, 0.15) is 5.82 Å². The lowest BCUT2D eigenvalue weighted by molar-refractivity contribution is -0.0291. The Morgan fingerprint density at radius 2 is 2.35 bits per heavy atom. The zero-order chi connectivity index (χ0) is 12.3. The summed E-state index contributed by atoms with van der Waals surface area (Å²) < 4.78 is 19.7. The van der Waals surface area contributed by atoms with Crippen molar-refractivity contribution in [1.82, 2.24) is 5.32 Å². The van der Waals surface area contributed by atoms with Crippen LogP contribution in [0.3, 0.4) is 0 Å². The third-order valence-corrected chi connectivity index (χ3v) is 3.49. The molecule has 2 unspecified atom stereocenters. The molecule has 1 aliphatic rings. The van der Waals surface area contributed by atoms with Crippen LogP contribution in [0.5, 0.6) is 0 Å². The van der Waals surface area contributed by atoms with Gasteiger partial charge in [-0.1, -0.05) is 23.7 Å².